The van der Waals surface area contributed by atoms with Gasteiger partial charge in [0.05, 0.1) is 12.0 Å². The van der Waals surface area contributed by atoms with Crippen LogP contribution in [0, 0.1) is 11.8 Å². The molecule has 5 atom stereocenters. The minimum Gasteiger partial charge on any atom is -0.490 e. The highest BCUT2D eigenvalue weighted by atomic mass is 28.4. The predicted molar refractivity (Wildman–Crippen MR) is 118 cm³/mol. The molecule has 1 amide bonds. The summed E-state index contributed by atoms with van der Waals surface area (Å²) < 4.78 is 27.1. The fourth-order valence-electron chi connectivity index (χ4n) is 4.81. The summed E-state index contributed by atoms with van der Waals surface area (Å²) in [7, 11) is -1.41. The molecule has 2 unspecified atom stereocenters. The van der Waals surface area contributed by atoms with Crippen molar-refractivity contribution in [3.05, 3.63) is 23.8 Å². The van der Waals surface area contributed by atoms with Crippen LogP contribution in [0.25, 0.3) is 0 Å². The lowest BCUT2D eigenvalue weighted by Crippen LogP contribution is -2.46. The lowest BCUT2D eigenvalue weighted by atomic mass is 9.86. The van der Waals surface area contributed by atoms with Gasteiger partial charge in [-0.3, -0.25) is 4.79 Å². The van der Waals surface area contributed by atoms with E-state index < -0.39 is 8.41 Å². The molecule has 3 N–H and O–H groups in total. The van der Waals surface area contributed by atoms with Gasteiger partial charge in [0, 0.05) is 43.0 Å². The number of benzene rings is 1. The highest BCUT2D eigenvalue weighted by Crippen LogP contribution is 2.47. The summed E-state index contributed by atoms with van der Waals surface area (Å²) in [5, 5.41) is 15.8. The molecule has 0 radical (unpaired) electrons. The van der Waals surface area contributed by atoms with Crippen LogP contribution in [0.2, 0.25) is 18.6 Å². The fraction of sp³-hybridized carbons (Fsp3) is 0.682. The number of hydrogen-bond acceptors (Lipinski definition) is 5. The zero-order chi connectivity index (χ0) is 21.9. The van der Waals surface area contributed by atoms with E-state index in [1.807, 2.05) is 25.1 Å². The Morgan fingerprint density at radius 3 is 2.83 bits per heavy atom. The molecule has 0 aliphatic carbocycles. The van der Waals surface area contributed by atoms with Crippen LogP contribution in [0.5, 0.6) is 5.75 Å². The first kappa shape index (κ1) is 23.2. The lowest BCUT2D eigenvalue weighted by molar-refractivity contribution is -0.120. The Labute approximate surface area is 179 Å². The quantitative estimate of drug-likeness (QED) is 0.447. The molecule has 3 rings (SSSR count). The van der Waals surface area contributed by atoms with Gasteiger partial charge in [0.15, 0.2) is 0 Å². The number of aliphatic hydroxyl groups is 1. The van der Waals surface area contributed by atoms with Gasteiger partial charge in [0.2, 0.25) is 14.3 Å². The van der Waals surface area contributed by atoms with Crippen molar-refractivity contribution in [2.45, 2.75) is 57.0 Å². The second-order valence-corrected chi connectivity index (χ2v) is 12.9. The number of carbonyl (C=O) groups is 1. The maximum Gasteiger partial charge on any atom is 0.247 e. The molecule has 0 spiro atoms. The summed E-state index contributed by atoms with van der Waals surface area (Å²) in [6.07, 6.45) is 1.63. The van der Waals surface area contributed by atoms with E-state index in [0.717, 1.165) is 24.9 Å². The van der Waals surface area contributed by atoms with Crippen molar-refractivity contribution in [1.82, 2.24) is 5.32 Å². The van der Waals surface area contributed by atoms with Gasteiger partial charge in [-0.25, -0.2) is 0 Å². The van der Waals surface area contributed by atoms with E-state index in [9.17, 15) is 9.90 Å². The number of amides is 1. The number of anilines is 1. The summed E-state index contributed by atoms with van der Waals surface area (Å²) in [6, 6.07) is 5.56. The summed E-state index contributed by atoms with van der Waals surface area (Å²) in [5.41, 5.74) is 1.25. The Kier molecular flexibility index (Phi) is 7.55. The molecule has 0 aromatic heterocycles. The van der Waals surface area contributed by atoms with Crippen molar-refractivity contribution < 1.29 is 23.5 Å². The van der Waals surface area contributed by atoms with E-state index in [2.05, 4.69) is 10.6 Å². The van der Waals surface area contributed by atoms with Crippen LogP contribution >= 0.6 is 0 Å². The average Bonchev–Trinajstić information content (AvgIpc) is 2.72. The second-order valence-electron chi connectivity index (χ2n) is 9.07. The van der Waals surface area contributed by atoms with E-state index in [0.29, 0.717) is 24.4 Å². The topological polar surface area (TPSA) is 79.8 Å². The van der Waals surface area contributed by atoms with Crippen molar-refractivity contribution in [2.24, 2.45) is 11.8 Å². The number of hydrogen-bond donors (Lipinski definition) is 3. The Morgan fingerprint density at radius 2 is 2.23 bits per heavy atom. The second kappa shape index (κ2) is 9.76. The molecule has 1 aromatic rings. The summed E-state index contributed by atoms with van der Waals surface area (Å²) >= 11 is 0. The van der Waals surface area contributed by atoms with Crippen molar-refractivity contribution in [1.29, 1.82) is 0 Å². The number of rotatable bonds is 7. The van der Waals surface area contributed by atoms with E-state index >= 15 is 4.11 Å². The van der Waals surface area contributed by atoms with Crippen LogP contribution in [0.15, 0.2) is 18.2 Å². The minimum atomic E-state index is -3.06. The number of carbonyl (C=O) groups excluding carboxylic acids is 1. The molecule has 2 heterocycles. The van der Waals surface area contributed by atoms with Crippen LogP contribution < -0.4 is 15.4 Å². The zero-order valence-corrected chi connectivity index (χ0v) is 19.4. The number of fused-ring (bicyclic) bond motifs is 1. The van der Waals surface area contributed by atoms with Crippen molar-refractivity contribution in [2.75, 3.05) is 32.1 Å². The molecule has 1 aromatic carbocycles. The zero-order valence-electron chi connectivity index (χ0n) is 18.4. The smallest absolute Gasteiger partial charge is 0.247 e. The first-order valence-corrected chi connectivity index (χ1v) is 13.9. The Morgan fingerprint density at radius 1 is 1.47 bits per heavy atom. The molecule has 168 valence electrons. The van der Waals surface area contributed by atoms with Crippen LogP contribution in [-0.4, -0.2) is 52.3 Å². The Hall–Kier alpha value is -1.48. The van der Waals surface area contributed by atoms with Gasteiger partial charge in [-0.1, -0.05) is 6.92 Å². The lowest BCUT2D eigenvalue weighted by Gasteiger charge is -2.43. The van der Waals surface area contributed by atoms with Gasteiger partial charge in [-0.15, -0.1) is 0 Å². The molecule has 6 nitrogen and oxygen atoms in total. The number of piperidine rings is 1. The standard InChI is InChI=1S/C22H35FN2O4Si/c1-14-20(28-2)17-12-16(25-22(27)15-6-5-10-24-13-15)7-8-18(17)29-21(14)19(9-11-26)30(3,4)23/h7-8,12,14-15,19-21,24,26H,5-6,9-11,13H2,1-4H3,(H,25,27)/t14-,15?,19?,20-,21-/m0/s1. The third-order valence-corrected chi connectivity index (χ3v) is 8.86. The molecule has 1 fully saturated rings. The van der Waals surface area contributed by atoms with Crippen LogP contribution in [-0.2, 0) is 9.53 Å². The van der Waals surface area contributed by atoms with Crippen LogP contribution in [0.3, 0.4) is 0 Å². The number of halogens is 1. The molecule has 2 aliphatic rings. The number of aliphatic hydroxyl groups excluding tert-OH is 1. The maximum atomic E-state index is 15.0. The SMILES string of the molecule is CO[C@@H]1c2cc(NC(=O)C3CCCNC3)ccc2O[C@H](C(CCO)[Si](C)(C)F)[C@H]1C. The summed E-state index contributed by atoms with van der Waals surface area (Å²) in [5.74, 6) is 0.564. The summed E-state index contributed by atoms with van der Waals surface area (Å²) in [6.45, 7) is 6.94. The molecular weight excluding hydrogens is 403 g/mol. The molecule has 0 saturated carbocycles. The van der Waals surface area contributed by atoms with Gasteiger partial charge in [0.1, 0.15) is 11.9 Å². The fourth-order valence-corrected chi connectivity index (χ4v) is 6.78. The van der Waals surface area contributed by atoms with Crippen molar-refractivity contribution in [3.8, 4) is 5.75 Å². The van der Waals surface area contributed by atoms with Crippen molar-refractivity contribution >= 4 is 20.0 Å². The highest BCUT2D eigenvalue weighted by Gasteiger charge is 2.47. The third-order valence-electron chi connectivity index (χ3n) is 6.48. The van der Waals surface area contributed by atoms with E-state index in [-0.39, 0.29) is 42.1 Å². The van der Waals surface area contributed by atoms with Gasteiger partial charge < -0.3 is 29.3 Å². The van der Waals surface area contributed by atoms with Crippen LogP contribution in [0.4, 0.5) is 9.80 Å². The molecule has 0 bridgehead atoms. The number of methoxy groups -OCH3 is 1. The number of ether oxygens (including phenoxy) is 2. The predicted octanol–water partition coefficient (Wildman–Crippen LogP) is 3.64. The van der Waals surface area contributed by atoms with Crippen LogP contribution in [0.1, 0.15) is 37.9 Å². The molecular formula is C22H35FN2O4Si. The van der Waals surface area contributed by atoms with Gasteiger partial charge in [0.25, 0.3) is 0 Å². The molecule has 2 aliphatic heterocycles. The van der Waals surface area contributed by atoms with Gasteiger partial charge >= 0.3 is 0 Å². The largest absolute Gasteiger partial charge is 0.490 e. The van der Waals surface area contributed by atoms with E-state index in [1.165, 1.54) is 0 Å². The third kappa shape index (κ3) is 5.04. The normalized spacial score (nSPS) is 27.7. The van der Waals surface area contributed by atoms with Crippen molar-refractivity contribution in [3.63, 3.8) is 0 Å². The highest BCUT2D eigenvalue weighted by molar-refractivity contribution is 6.72. The monoisotopic (exact) mass is 438 g/mol. The minimum absolute atomic E-state index is 0.0203. The first-order valence-electron chi connectivity index (χ1n) is 10.9. The average molecular weight is 439 g/mol. The number of nitrogens with one attached hydrogen (secondary N) is 2. The van der Waals surface area contributed by atoms with Gasteiger partial charge in [-0.2, -0.15) is 0 Å². The molecule has 8 heteroatoms. The van der Waals surface area contributed by atoms with E-state index in [4.69, 9.17) is 9.47 Å². The molecule has 1 saturated heterocycles. The Bertz CT molecular complexity index is 736. The first-order chi connectivity index (χ1) is 14.3. The van der Waals surface area contributed by atoms with E-state index in [1.54, 1.807) is 20.2 Å². The summed E-state index contributed by atoms with van der Waals surface area (Å²) in [4.78, 5) is 12.6. The maximum absolute atomic E-state index is 15.0. The van der Waals surface area contributed by atoms with Gasteiger partial charge in [-0.05, 0) is 57.1 Å². The Balaban J connectivity index is 1.83. The molecule has 30 heavy (non-hydrogen) atoms.